The van der Waals surface area contributed by atoms with E-state index < -0.39 is 0 Å². The minimum absolute atomic E-state index is 0.0801. The molecule has 4 aliphatic carbocycles. The first-order valence-corrected chi connectivity index (χ1v) is 10.5. The third-order valence-corrected chi connectivity index (χ3v) is 10.4. The van der Waals surface area contributed by atoms with Gasteiger partial charge in [0.1, 0.15) is 0 Å². The molecule has 132 valence electrons. The fourth-order valence-electron chi connectivity index (χ4n) is 7.28. The zero-order valence-corrected chi connectivity index (χ0v) is 16.2. The van der Waals surface area contributed by atoms with Crippen molar-refractivity contribution in [1.29, 1.82) is 0 Å². The van der Waals surface area contributed by atoms with E-state index in [0.717, 1.165) is 32.1 Å². The number of fused-ring (bicyclic) bond motifs is 5. The second kappa shape index (κ2) is 5.31. The van der Waals surface area contributed by atoms with Gasteiger partial charge in [-0.1, -0.05) is 13.8 Å². The molecule has 4 fully saturated rings. The van der Waals surface area contributed by atoms with E-state index in [2.05, 4.69) is 13.8 Å². The minimum Gasteiger partial charge on any atom is -0.393 e. The maximum atomic E-state index is 10.5. The van der Waals surface area contributed by atoms with E-state index in [1.807, 2.05) is 0 Å². The van der Waals surface area contributed by atoms with E-state index in [0.29, 0.717) is 17.8 Å². The molecule has 4 saturated carbocycles. The Morgan fingerprint density at radius 3 is 2.43 bits per heavy atom. The zero-order chi connectivity index (χ0) is 16.6. The van der Waals surface area contributed by atoms with Crippen LogP contribution in [0.25, 0.3) is 0 Å². The lowest BCUT2D eigenvalue weighted by Gasteiger charge is -2.66. The van der Waals surface area contributed by atoms with Crippen LogP contribution < -0.4 is 0 Å². The lowest BCUT2D eigenvalue weighted by atomic mass is 9.44. The van der Waals surface area contributed by atoms with Gasteiger partial charge in [0.25, 0.3) is 0 Å². The van der Waals surface area contributed by atoms with Gasteiger partial charge in [-0.15, -0.1) is 0 Å². The molecule has 9 atom stereocenters. The summed E-state index contributed by atoms with van der Waals surface area (Å²) in [6.45, 7) is 4.74. The maximum absolute atomic E-state index is 10.5. The first-order valence-electron chi connectivity index (χ1n) is 9.49. The zero-order valence-electron chi connectivity index (χ0n) is 14.4. The highest BCUT2D eigenvalue weighted by Crippen LogP contribution is 2.69. The lowest BCUT2D eigenvalue weighted by Crippen LogP contribution is -2.64. The van der Waals surface area contributed by atoms with Gasteiger partial charge in [0.15, 0.2) is 0 Å². The van der Waals surface area contributed by atoms with Crippen LogP contribution in [0.2, 0.25) is 0 Å². The highest BCUT2D eigenvalue weighted by Gasteiger charge is 2.65. The smallest absolute Gasteiger partial charge is 0.0596 e. The topological polar surface area (TPSA) is 40.5 Å². The highest BCUT2D eigenvalue weighted by molar-refractivity contribution is 7.82. The Balaban J connectivity index is 1.70. The summed E-state index contributed by atoms with van der Waals surface area (Å²) in [7, 11) is 0. The van der Waals surface area contributed by atoms with Crippen LogP contribution in [-0.2, 0) is 0 Å². The van der Waals surface area contributed by atoms with Crippen molar-refractivity contribution in [2.45, 2.75) is 87.4 Å². The second-order valence-corrected chi connectivity index (χ2v) is 11.0. The van der Waals surface area contributed by atoms with E-state index in [1.165, 1.54) is 19.3 Å². The molecular formula is C19H32O2S2. The molecule has 4 aliphatic rings. The largest absolute Gasteiger partial charge is 0.393 e. The number of thiol groups is 2. The van der Waals surface area contributed by atoms with Crippen molar-refractivity contribution in [2.24, 2.45) is 28.6 Å². The van der Waals surface area contributed by atoms with Crippen molar-refractivity contribution in [3.8, 4) is 0 Å². The van der Waals surface area contributed by atoms with Gasteiger partial charge in [-0.3, -0.25) is 0 Å². The summed E-state index contributed by atoms with van der Waals surface area (Å²) in [5.41, 5.74) is 0.227. The molecular weight excluding hydrogens is 324 g/mol. The molecule has 0 amide bonds. The normalized spacial score (nSPS) is 62.3. The van der Waals surface area contributed by atoms with Gasteiger partial charge in [0, 0.05) is 10.00 Å². The van der Waals surface area contributed by atoms with Crippen LogP contribution in [0.1, 0.15) is 65.2 Å². The molecule has 2 nitrogen and oxygen atoms in total. The third-order valence-electron chi connectivity index (χ3n) is 8.81. The average Bonchev–Trinajstić information content (AvgIpc) is 2.77. The average molecular weight is 357 g/mol. The molecule has 0 aliphatic heterocycles. The fourth-order valence-corrected chi connectivity index (χ4v) is 8.73. The molecule has 0 aromatic rings. The van der Waals surface area contributed by atoms with E-state index >= 15 is 0 Å². The third kappa shape index (κ3) is 2.10. The number of rotatable bonds is 0. The Morgan fingerprint density at radius 2 is 1.70 bits per heavy atom. The van der Waals surface area contributed by atoms with Crippen molar-refractivity contribution in [3.63, 3.8) is 0 Å². The van der Waals surface area contributed by atoms with Gasteiger partial charge < -0.3 is 10.2 Å². The van der Waals surface area contributed by atoms with Gasteiger partial charge in [-0.2, -0.15) is 25.3 Å². The van der Waals surface area contributed by atoms with Crippen molar-refractivity contribution < 1.29 is 10.2 Å². The van der Waals surface area contributed by atoms with Crippen LogP contribution in [0.5, 0.6) is 0 Å². The summed E-state index contributed by atoms with van der Waals surface area (Å²) in [5.74, 6) is 2.02. The molecule has 0 bridgehead atoms. The van der Waals surface area contributed by atoms with Crippen molar-refractivity contribution in [1.82, 2.24) is 0 Å². The van der Waals surface area contributed by atoms with Crippen LogP contribution in [0.15, 0.2) is 0 Å². The SMILES string of the molecule is C[C@]12CC[C@H]3[C@@H](CC[C@]4(S)C[C@@H](O)C[C@@H](S)[C@]34C)[C@@H]1CC[C@H]2O. The Kier molecular flexibility index (Phi) is 3.94. The Bertz CT molecular complexity index is 500. The van der Waals surface area contributed by atoms with Crippen molar-refractivity contribution >= 4 is 25.3 Å². The molecule has 0 radical (unpaired) electrons. The molecule has 0 aromatic carbocycles. The van der Waals surface area contributed by atoms with Gasteiger partial charge in [0.2, 0.25) is 0 Å². The molecule has 4 heteroatoms. The Hall–Kier alpha value is 0.620. The fraction of sp³-hybridized carbons (Fsp3) is 1.00. The highest BCUT2D eigenvalue weighted by atomic mass is 32.1. The van der Waals surface area contributed by atoms with Gasteiger partial charge in [0.05, 0.1) is 12.2 Å². The second-order valence-electron chi connectivity index (χ2n) is 9.48. The standard InChI is InChI=1S/C19H32O2S2/c1-17-7-6-14-12(13(17)3-4-15(17)21)5-8-19(23)10-11(20)9-16(22)18(14,19)2/h11-16,20-23H,3-10H2,1-2H3/t11-,12-,13-,14-,15+,16+,17-,18-,19-/m0/s1. The summed E-state index contributed by atoms with van der Waals surface area (Å²) >= 11 is 10.2. The predicted octanol–water partition coefficient (Wildman–Crippen LogP) is 3.71. The number of hydrogen-bond donors (Lipinski definition) is 4. The van der Waals surface area contributed by atoms with Gasteiger partial charge in [-0.05, 0) is 80.0 Å². The van der Waals surface area contributed by atoms with Crippen LogP contribution in [0, 0.1) is 28.6 Å². The number of aliphatic hydroxyl groups is 2. The molecule has 4 rings (SSSR count). The predicted molar refractivity (Wildman–Crippen MR) is 100 cm³/mol. The number of hydrogen-bond acceptors (Lipinski definition) is 4. The summed E-state index contributed by atoms with van der Waals surface area (Å²) in [5, 5.41) is 21.1. The quantitative estimate of drug-likeness (QED) is 0.500. The van der Waals surface area contributed by atoms with Crippen LogP contribution in [-0.4, -0.2) is 32.4 Å². The van der Waals surface area contributed by atoms with Crippen LogP contribution in [0.3, 0.4) is 0 Å². The first-order chi connectivity index (χ1) is 10.7. The Labute approximate surface area is 151 Å². The van der Waals surface area contributed by atoms with Crippen molar-refractivity contribution in [3.05, 3.63) is 0 Å². The molecule has 0 saturated heterocycles. The van der Waals surface area contributed by atoms with E-state index in [9.17, 15) is 10.2 Å². The van der Waals surface area contributed by atoms with Crippen LogP contribution >= 0.6 is 25.3 Å². The molecule has 0 spiro atoms. The van der Waals surface area contributed by atoms with Crippen LogP contribution in [0.4, 0.5) is 0 Å². The minimum atomic E-state index is -0.248. The molecule has 0 unspecified atom stereocenters. The van der Waals surface area contributed by atoms with E-state index in [4.69, 9.17) is 25.3 Å². The molecule has 2 N–H and O–H groups in total. The monoisotopic (exact) mass is 356 g/mol. The molecule has 0 heterocycles. The first kappa shape index (κ1) is 17.1. The molecule has 0 aromatic heterocycles. The lowest BCUT2D eigenvalue weighted by molar-refractivity contribution is -0.118. The number of aliphatic hydroxyl groups excluding tert-OH is 2. The molecule has 23 heavy (non-hydrogen) atoms. The van der Waals surface area contributed by atoms with E-state index in [-0.39, 0.29) is 33.0 Å². The summed E-state index contributed by atoms with van der Waals surface area (Å²) in [6, 6.07) is 0. The van der Waals surface area contributed by atoms with E-state index in [1.54, 1.807) is 0 Å². The Morgan fingerprint density at radius 1 is 0.957 bits per heavy atom. The van der Waals surface area contributed by atoms with Gasteiger partial charge >= 0.3 is 0 Å². The summed E-state index contributed by atoms with van der Waals surface area (Å²) < 4.78 is -0.0801. The summed E-state index contributed by atoms with van der Waals surface area (Å²) in [6.07, 6.45) is 8.07. The van der Waals surface area contributed by atoms with Gasteiger partial charge in [-0.25, -0.2) is 0 Å². The summed E-state index contributed by atoms with van der Waals surface area (Å²) in [4.78, 5) is 0. The maximum Gasteiger partial charge on any atom is 0.0596 e. The van der Waals surface area contributed by atoms with Crippen molar-refractivity contribution in [2.75, 3.05) is 0 Å².